The number of aryl methyl sites for hydroxylation is 1. The molecule has 5 heteroatoms. The summed E-state index contributed by atoms with van der Waals surface area (Å²) in [5.74, 6) is -0.377. The minimum Gasteiger partial charge on any atom is -0.467 e. The smallest absolute Gasteiger partial charge is 0.327 e. The molecule has 0 aliphatic rings. The third-order valence-corrected chi connectivity index (χ3v) is 2.77. The number of hydrogen-bond acceptors (Lipinski definition) is 4. The van der Waals surface area contributed by atoms with E-state index in [2.05, 4.69) is 15.4 Å². The van der Waals surface area contributed by atoms with Crippen LogP contribution in [0.2, 0.25) is 0 Å². The lowest BCUT2D eigenvalue weighted by molar-refractivity contribution is -0.141. The molecule has 0 bridgehead atoms. The Labute approximate surface area is 113 Å². The molecule has 0 spiro atoms. The number of amides is 1. The molecule has 1 aromatic carbocycles. The number of carbonyl (C=O) groups excluding carboxylic acids is 2. The monoisotopic (exact) mass is 264 g/mol. The molecule has 1 unspecified atom stereocenters. The Morgan fingerprint density at radius 3 is 2.63 bits per heavy atom. The van der Waals surface area contributed by atoms with E-state index in [1.165, 1.54) is 7.11 Å². The fourth-order valence-electron chi connectivity index (χ4n) is 1.57. The van der Waals surface area contributed by atoms with Crippen molar-refractivity contribution in [2.45, 2.75) is 33.2 Å². The van der Waals surface area contributed by atoms with Crippen LogP contribution in [-0.4, -0.2) is 25.0 Å². The van der Waals surface area contributed by atoms with Crippen LogP contribution in [0.25, 0.3) is 0 Å². The molecule has 1 aromatic rings. The molecule has 5 nitrogen and oxygen atoms in total. The van der Waals surface area contributed by atoms with Gasteiger partial charge in [-0.05, 0) is 31.5 Å². The fraction of sp³-hybridized carbons (Fsp3) is 0.429. The van der Waals surface area contributed by atoms with Crippen LogP contribution in [0.3, 0.4) is 0 Å². The zero-order chi connectivity index (χ0) is 14.4. The number of esters is 1. The van der Waals surface area contributed by atoms with Crippen molar-refractivity contribution in [1.82, 2.24) is 0 Å². The number of methoxy groups -OCH3 is 1. The van der Waals surface area contributed by atoms with Gasteiger partial charge in [-0.3, -0.25) is 4.79 Å². The highest BCUT2D eigenvalue weighted by atomic mass is 16.5. The van der Waals surface area contributed by atoms with Crippen molar-refractivity contribution >= 4 is 23.3 Å². The first-order valence-corrected chi connectivity index (χ1v) is 6.22. The number of hydrogen-bond donors (Lipinski definition) is 2. The van der Waals surface area contributed by atoms with Gasteiger partial charge in [0.05, 0.1) is 7.11 Å². The van der Waals surface area contributed by atoms with Crippen molar-refractivity contribution in [1.29, 1.82) is 0 Å². The molecule has 0 fully saturated rings. The summed E-state index contributed by atoms with van der Waals surface area (Å²) in [6.07, 6.45) is 0.426. The van der Waals surface area contributed by atoms with Gasteiger partial charge in [0.1, 0.15) is 6.04 Å². The van der Waals surface area contributed by atoms with Gasteiger partial charge < -0.3 is 15.4 Å². The predicted octanol–water partition coefficient (Wildman–Crippen LogP) is 2.32. The Balaban J connectivity index is 2.85. The molecule has 1 rings (SSSR count). The Hall–Kier alpha value is -2.04. The maximum absolute atomic E-state index is 11.4. The minimum atomic E-state index is -0.444. The zero-order valence-electron chi connectivity index (χ0n) is 11.7. The van der Waals surface area contributed by atoms with E-state index in [1.54, 1.807) is 13.8 Å². The van der Waals surface area contributed by atoms with Gasteiger partial charge in [-0.15, -0.1) is 0 Å². The number of rotatable bonds is 5. The lowest BCUT2D eigenvalue weighted by Crippen LogP contribution is -2.27. The molecule has 2 N–H and O–H groups in total. The van der Waals surface area contributed by atoms with Crippen LogP contribution in [0.15, 0.2) is 18.2 Å². The Bertz CT molecular complexity index is 472. The van der Waals surface area contributed by atoms with Crippen molar-refractivity contribution in [2.75, 3.05) is 17.7 Å². The highest BCUT2D eigenvalue weighted by Crippen LogP contribution is 2.21. The number of anilines is 2. The quantitative estimate of drug-likeness (QED) is 0.801. The second-order valence-electron chi connectivity index (χ2n) is 4.32. The molecular weight excluding hydrogens is 244 g/mol. The topological polar surface area (TPSA) is 67.4 Å². The highest BCUT2D eigenvalue weighted by molar-refractivity contribution is 5.91. The van der Waals surface area contributed by atoms with E-state index < -0.39 is 6.04 Å². The van der Waals surface area contributed by atoms with Crippen LogP contribution in [0.1, 0.15) is 25.8 Å². The lowest BCUT2D eigenvalue weighted by atomic mass is 10.1. The van der Waals surface area contributed by atoms with Gasteiger partial charge in [0, 0.05) is 17.8 Å². The molecule has 0 aliphatic carbocycles. The second kappa shape index (κ2) is 6.78. The number of nitrogens with one attached hydrogen (secondary N) is 2. The minimum absolute atomic E-state index is 0.0455. The second-order valence-corrected chi connectivity index (χ2v) is 4.32. The number of carbonyl (C=O) groups is 2. The van der Waals surface area contributed by atoms with E-state index in [-0.39, 0.29) is 11.9 Å². The lowest BCUT2D eigenvalue weighted by Gasteiger charge is -2.16. The van der Waals surface area contributed by atoms with Crippen LogP contribution in [0, 0.1) is 6.92 Å². The fourth-order valence-corrected chi connectivity index (χ4v) is 1.57. The third kappa shape index (κ3) is 4.28. The first kappa shape index (κ1) is 15.0. The molecule has 0 aromatic heterocycles. The van der Waals surface area contributed by atoms with Gasteiger partial charge in [-0.2, -0.15) is 0 Å². The van der Waals surface area contributed by atoms with E-state index >= 15 is 0 Å². The van der Waals surface area contributed by atoms with Crippen molar-refractivity contribution in [3.05, 3.63) is 23.8 Å². The summed E-state index contributed by atoms with van der Waals surface area (Å²) in [5, 5.41) is 5.85. The summed E-state index contributed by atoms with van der Waals surface area (Å²) in [4.78, 5) is 22.7. The summed E-state index contributed by atoms with van der Waals surface area (Å²) < 4.78 is 4.67. The van der Waals surface area contributed by atoms with Gasteiger partial charge in [0.25, 0.3) is 0 Å². The summed E-state index contributed by atoms with van der Waals surface area (Å²) >= 11 is 0. The SMILES string of the molecule is CCC(=O)Nc1ccc(C)c(NC(C)C(=O)OC)c1. The van der Waals surface area contributed by atoms with Gasteiger partial charge in [-0.1, -0.05) is 13.0 Å². The molecule has 19 heavy (non-hydrogen) atoms. The molecule has 1 atom stereocenters. The maximum atomic E-state index is 11.4. The molecule has 1 amide bonds. The highest BCUT2D eigenvalue weighted by Gasteiger charge is 2.13. The summed E-state index contributed by atoms with van der Waals surface area (Å²) in [7, 11) is 1.35. The van der Waals surface area contributed by atoms with Crippen LogP contribution in [-0.2, 0) is 14.3 Å². The van der Waals surface area contributed by atoms with Crippen LogP contribution in [0.4, 0.5) is 11.4 Å². The first-order chi connectivity index (χ1) is 8.97. The van der Waals surface area contributed by atoms with E-state index in [0.717, 1.165) is 11.3 Å². The third-order valence-electron chi connectivity index (χ3n) is 2.77. The summed E-state index contributed by atoms with van der Waals surface area (Å²) in [5.41, 5.74) is 2.49. The maximum Gasteiger partial charge on any atom is 0.327 e. The van der Waals surface area contributed by atoms with Crippen molar-refractivity contribution < 1.29 is 14.3 Å². The number of ether oxygens (including phenoxy) is 1. The van der Waals surface area contributed by atoms with Crippen LogP contribution < -0.4 is 10.6 Å². The number of benzene rings is 1. The molecule has 0 radical (unpaired) electrons. The zero-order valence-corrected chi connectivity index (χ0v) is 11.7. The van der Waals surface area contributed by atoms with Crippen LogP contribution >= 0.6 is 0 Å². The molecule has 0 heterocycles. The summed E-state index contributed by atoms with van der Waals surface area (Å²) in [6, 6.07) is 5.08. The largest absolute Gasteiger partial charge is 0.467 e. The van der Waals surface area contributed by atoms with Gasteiger partial charge in [0.15, 0.2) is 0 Å². The van der Waals surface area contributed by atoms with E-state index in [9.17, 15) is 9.59 Å². The van der Waals surface area contributed by atoms with Gasteiger partial charge >= 0.3 is 5.97 Å². The average molecular weight is 264 g/mol. The van der Waals surface area contributed by atoms with Crippen molar-refractivity contribution in [2.24, 2.45) is 0 Å². The Morgan fingerprint density at radius 1 is 1.37 bits per heavy atom. The standard InChI is InChI=1S/C14H20N2O3/c1-5-13(17)16-11-7-6-9(2)12(8-11)15-10(3)14(18)19-4/h6-8,10,15H,5H2,1-4H3,(H,16,17). The first-order valence-electron chi connectivity index (χ1n) is 6.22. The molecule has 0 aliphatic heterocycles. The Morgan fingerprint density at radius 2 is 2.05 bits per heavy atom. The average Bonchev–Trinajstić information content (AvgIpc) is 2.41. The van der Waals surface area contributed by atoms with E-state index in [4.69, 9.17) is 0 Å². The van der Waals surface area contributed by atoms with Gasteiger partial charge in [-0.25, -0.2) is 4.79 Å². The molecule has 104 valence electrons. The van der Waals surface area contributed by atoms with Crippen LogP contribution in [0.5, 0.6) is 0 Å². The van der Waals surface area contributed by atoms with Gasteiger partial charge in [0.2, 0.25) is 5.91 Å². The molecule has 0 saturated heterocycles. The van der Waals surface area contributed by atoms with E-state index in [0.29, 0.717) is 12.1 Å². The predicted molar refractivity (Wildman–Crippen MR) is 75.2 cm³/mol. The van der Waals surface area contributed by atoms with E-state index in [1.807, 2.05) is 25.1 Å². The van der Waals surface area contributed by atoms with Crippen molar-refractivity contribution in [3.63, 3.8) is 0 Å². The molecular formula is C14H20N2O3. The molecule has 0 saturated carbocycles. The van der Waals surface area contributed by atoms with Crippen molar-refractivity contribution in [3.8, 4) is 0 Å². The summed E-state index contributed by atoms with van der Waals surface area (Å²) in [6.45, 7) is 5.45. The normalized spacial score (nSPS) is 11.6. The Kier molecular flexibility index (Phi) is 5.36.